The number of methoxy groups -OCH3 is 2. The second-order valence-electron chi connectivity index (χ2n) is 4.80. The molecule has 0 saturated heterocycles. The van der Waals surface area contributed by atoms with Crippen LogP contribution in [0.25, 0.3) is 0 Å². The minimum Gasteiger partial charge on any atom is -0.493 e. The molecular formula is C13H18N2O2. The molecule has 4 heteroatoms. The molecule has 1 aliphatic heterocycles. The van der Waals surface area contributed by atoms with Crippen molar-refractivity contribution >= 4 is 5.71 Å². The van der Waals surface area contributed by atoms with E-state index in [1.54, 1.807) is 14.2 Å². The van der Waals surface area contributed by atoms with Gasteiger partial charge in [-0.15, -0.1) is 0 Å². The zero-order chi connectivity index (χ0) is 12.5. The second kappa shape index (κ2) is 4.28. The van der Waals surface area contributed by atoms with Gasteiger partial charge in [0, 0.05) is 12.0 Å². The topological polar surface area (TPSA) is 42.8 Å². The number of rotatable bonds is 3. The molecule has 0 bridgehead atoms. The summed E-state index contributed by atoms with van der Waals surface area (Å²) >= 11 is 0. The van der Waals surface area contributed by atoms with Crippen LogP contribution in [-0.2, 0) is 0 Å². The number of hydrogen-bond donors (Lipinski definition) is 1. The van der Waals surface area contributed by atoms with E-state index in [2.05, 4.69) is 24.4 Å². The lowest BCUT2D eigenvalue weighted by Gasteiger charge is -2.16. The number of hydrogen-bond acceptors (Lipinski definition) is 4. The van der Waals surface area contributed by atoms with Crippen molar-refractivity contribution in [1.29, 1.82) is 0 Å². The summed E-state index contributed by atoms with van der Waals surface area (Å²) in [6, 6.07) is 5.87. The summed E-state index contributed by atoms with van der Waals surface area (Å²) in [5.74, 6) is 1.47. The van der Waals surface area contributed by atoms with Gasteiger partial charge in [0.25, 0.3) is 0 Å². The fourth-order valence-corrected chi connectivity index (χ4v) is 1.90. The van der Waals surface area contributed by atoms with Crippen molar-refractivity contribution in [2.45, 2.75) is 25.8 Å². The zero-order valence-electron chi connectivity index (χ0n) is 10.7. The van der Waals surface area contributed by atoms with E-state index in [4.69, 9.17) is 9.47 Å². The third-order valence-corrected chi connectivity index (χ3v) is 2.82. The fourth-order valence-electron chi connectivity index (χ4n) is 1.90. The van der Waals surface area contributed by atoms with E-state index in [0.29, 0.717) is 0 Å². The first-order valence-electron chi connectivity index (χ1n) is 5.62. The van der Waals surface area contributed by atoms with Crippen LogP contribution in [0.1, 0.15) is 25.8 Å². The van der Waals surface area contributed by atoms with Gasteiger partial charge in [0.2, 0.25) is 0 Å². The molecule has 1 aromatic carbocycles. The number of benzene rings is 1. The molecule has 0 spiro atoms. The summed E-state index contributed by atoms with van der Waals surface area (Å²) in [6.07, 6.45) is 0.905. The molecule has 0 fully saturated rings. The van der Waals surface area contributed by atoms with Crippen LogP contribution in [-0.4, -0.2) is 25.5 Å². The van der Waals surface area contributed by atoms with Crippen molar-refractivity contribution in [1.82, 2.24) is 5.43 Å². The Morgan fingerprint density at radius 1 is 1.18 bits per heavy atom. The Morgan fingerprint density at radius 3 is 2.41 bits per heavy atom. The third-order valence-electron chi connectivity index (χ3n) is 2.82. The highest BCUT2D eigenvalue weighted by Gasteiger charge is 2.26. The van der Waals surface area contributed by atoms with Crippen LogP contribution in [0.15, 0.2) is 23.3 Å². The first-order valence-corrected chi connectivity index (χ1v) is 5.62. The van der Waals surface area contributed by atoms with E-state index in [0.717, 1.165) is 29.2 Å². The summed E-state index contributed by atoms with van der Waals surface area (Å²) in [5.41, 5.74) is 5.28. The molecule has 0 atom stereocenters. The Morgan fingerprint density at radius 2 is 1.88 bits per heavy atom. The predicted octanol–water partition coefficient (Wildman–Crippen LogP) is 2.18. The highest BCUT2D eigenvalue weighted by molar-refractivity contribution is 6.02. The van der Waals surface area contributed by atoms with Gasteiger partial charge >= 0.3 is 0 Å². The van der Waals surface area contributed by atoms with Gasteiger partial charge in [0.1, 0.15) is 0 Å². The predicted molar refractivity (Wildman–Crippen MR) is 67.9 cm³/mol. The summed E-state index contributed by atoms with van der Waals surface area (Å²) in [7, 11) is 3.27. The molecule has 1 aromatic rings. The van der Waals surface area contributed by atoms with Crippen molar-refractivity contribution in [3.05, 3.63) is 23.8 Å². The molecule has 0 radical (unpaired) electrons. The molecule has 17 heavy (non-hydrogen) atoms. The van der Waals surface area contributed by atoms with Gasteiger partial charge in [0.15, 0.2) is 11.5 Å². The zero-order valence-corrected chi connectivity index (χ0v) is 10.7. The van der Waals surface area contributed by atoms with Crippen molar-refractivity contribution in [2.75, 3.05) is 14.2 Å². The summed E-state index contributed by atoms with van der Waals surface area (Å²) in [5, 5.41) is 4.36. The van der Waals surface area contributed by atoms with E-state index in [1.165, 1.54) is 0 Å². The van der Waals surface area contributed by atoms with Crippen molar-refractivity contribution < 1.29 is 9.47 Å². The Balaban J connectivity index is 2.29. The van der Waals surface area contributed by atoms with Crippen LogP contribution < -0.4 is 14.9 Å². The molecule has 0 aromatic heterocycles. The van der Waals surface area contributed by atoms with Gasteiger partial charge in [-0.3, -0.25) is 0 Å². The Labute approximate surface area is 102 Å². The monoisotopic (exact) mass is 234 g/mol. The van der Waals surface area contributed by atoms with Gasteiger partial charge in [-0.25, -0.2) is 0 Å². The average molecular weight is 234 g/mol. The van der Waals surface area contributed by atoms with E-state index in [-0.39, 0.29) is 5.54 Å². The molecule has 1 aliphatic rings. The highest BCUT2D eigenvalue weighted by atomic mass is 16.5. The van der Waals surface area contributed by atoms with Crippen LogP contribution in [0.5, 0.6) is 11.5 Å². The molecule has 0 amide bonds. The lowest BCUT2D eigenvalue weighted by Crippen LogP contribution is -2.30. The van der Waals surface area contributed by atoms with Crippen molar-refractivity contribution in [3.63, 3.8) is 0 Å². The average Bonchev–Trinajstić information content (AvgIpc) is 2.68. The lowest BCUT2D eigenvalue weighted by molar-refractivity contribution is 0.355. The van der Waals surface area contributed by atoms with E-state index >= 15 is 0 Å². The minimum absolute atomic E-state index is 0.0303. The van der Waals surface area contributed by atoms with E-state index in [1.807, 2.05) is 18.2 Å². The van der Waals surface area contributed by atoms with Gasteiger partial charge < -0.3 is 14.9 Å². The SMILES string of the molecule is COc1ccc(C2=NNC(C)(C)C2)cc1OC. The number of hydrazone groups is 1. The van der Waals surface area contributed by atoms with E-state index < -0.39 is 0 Å². The van der Waals surface area contributed by atoms with Crippen molar-refractivity contribution in [2.24, 2.45) is 5.10 Å². The summed E-state index contributed by atoms with van der Waals surface area (Å²) in [6.45, 7) is 4.26. The number of nitrogens with one attached hydrogen (secondary N) is 1. The third kappa shape index (κ3) is 2.35. The van der Waals surface area contributed by atoms with Crippen LogP contribution in [0.3, 0.4) is 0 Å². The smallest absolute Gasteiger partial charge is 0.161 e. The molecule has 0 aliphatic carbocycles. The molecule has 0 unspecified atom stereocenters. The van der Waals surface area contributed by atoms with Crippen LogP contribution in [0.2, 0.25) is 0 Å². The fraction of sp³-hybridized carbons (Fsp3) is 0.462. The van der Waals surface area contributed by atoms with Gasteiger partial charge in [-0.1, -0.05) is 0 Å². The second-order valence-corrected chi connectivity index (χ2v) is 4.80. The molecule has 2 rings (SSSR count). The van der Waals surface area contributed by atoms with Gasteiger partial charge in [0.05, 0.1) is 25.5 Å². The van der Waals surface area contributed by atoms with Crippen LogP contribution in [0, 0.1) is 0 Å². The Hall–Kier alpha value is -1.71. The highest BCUT2D eigenvalue weighted by Crippen LogP contribution is 2.29. The van der Waals surface area contributed by atoms with Gasteiger partial charge in [-0.05, 0) is 32.0 Å². The number of nitrogens with zero attached hydrogens (tertiary/aromatic N) is 1. The maximum atomic E-state index is 5.29. The minimum atomic E-state index is 0.0303. The Kier molecular flexibility index (Phi) is 2.96. The maximum absolute atomic E-state index is 5.29. The maximum Gasteiger partial charge on any atom is 0.161 e. The molecule has 0 saturated carbocycles. The summed E-state index contributed by atoms with van der Waals surface area (Å²) < 4.78 is 10.5. The van der Waals surface area contributed by atoms with Crippen LogP contribution in [0.4, 0.5) is 0 Å². The Bertz CT molecular complexity index is 453. The van der Waals surface area contributed by atoms with E-state index in [9.17, 15) is 0 Å². The lowest BCUT2D eigenvalue weighted by atomic mass is 9.96. The molecule has 1 N–H and O–H groups in total. The largest absolute Gasteiger partial charge is 0.493 e. The molecule has 92 valence electrons. The first kappa shape index (κ1) is 11.8. The standard InChI is InChI=1S/C13H18N2O2/c1-13(2)8-10(14-15-13)9-5-6-11(16-3)12(7-9)17-4/h5-7,15H,8H2,1-4H3. The molecular weight excluding hydrogens is 216 g/mol. The van der Waals surface area contributed by atoms with Gasteiger partial charge in [-0.2, -0.15) is 5.10 Å². The number of ether oxygens (including phenoxy) is 2. The quantitative estimate of drug-likeness (QED) is 0.871. The van der Waals surface area contributed by atoms with Crippen LogP contribution >= 0.6 is 0 Å². The molecule has 1 heterocycles. The normalized spacial score (nSPS) is 17.3. The first-order chi connectivity index (χ1) is 8.05. The van der Waals surface area contributed by atoms with Crippen molar-refractivity contribution in [3.8, 4) is 11.5 Å². The molecule has 4 nitrogen and oxygen atoms in total. The summed E-state index contributed by atoms with van der Waals surface area (Å²) in [4.78, 5) is 0.